The Morgan fingerprint density at radius 2 is 2.12 bits per heavy atom. The van der Waals surface area contributed by atoms with Gasteiger partial charge in [-0.1, -0.05) is 0 Å². The molecule has 4 nitrogen and oxygen atoms in total. The van der Waals surface area contributed by atoms with Gasteiger partial charge in [-0.25, -0.2) is 4.79 Å². The fourth-order valence-electron chi connectivity index (χ4n) is 2.82. The lowest BCUT2D eigenvalue weighted by molar-refractivity contribution is 0.0211. The molecular formula is C13H24N2O2. The summed E-state index contributed by atoms with van der Waals surface area (Å²) in [7, 11) is 0. The van der Waals surface area contributed by atoms with Crippen molar-refractivity contribution < 1.29 is 9.53 Å². The Balaban J connectivity index is 1.99. The molecule has 2 fully saturated rings. The van der Waals surface area contributed by atoms with E-state index in [-0.39, 0.29) is 6.09 Å². The molecule has 2 aliphatic heterocycles. The van der Waals surface area contributed by atoms with Crippen LogP contribution in [0.15, 0.2) is 0 Å². The second kappa shape index (κ2) is 4.84. The van der Waals surface area contributed by atoms with Gasteiger partial charge in [0.25, 0.3) is 0 Å². The minimum absolute atomic E-state index is 0.145. The highest BCUT2D eigenvalue weighted by Gasteiger charge is 2.39. The summed E-state index contributed by atoms with van der Waals surface area (Å²) in [5.74, 6) is 0.664. The lowest BCUT2D eigenvalue weighted by atomic mass is 9.96. The third-order valence-corrected chi connectivity index (χ3v) is 3.60. The summed E-state index contributed by atoms with van der Waals surface area (Å²) in [5, 5.41) is 3.42. The predicted molar refractivity (Wildman–Crippen MR) is 66.9 cm³/mol. The van der Waals surface area contributed by atoms with Crippen LogP contribution in [0.4, 0.5) is 4.79 Å². The molecule has 0 aliphatic carbocycles. The zero-order chi connectivity index (χ0) is 12.5. The van der Waals surface area contributed by atoms with E-state index in [4.69, 9.17) is 4.74 Å². The lowest BCUT2D eigenvalue weighted by Crippen LogP contribution is -2.45. The summed E-state index contributed by atoms with van der Waals surface area (Å²) in [6, 6.07) is 0.340. The molecule has 1 amide bonds. The first kappa shape index (κ1) is 12.7. The van der Waals surface area contributed by atoms with Crippen LogP contribution in [0.5, 0.6) is 0 Å². The molecule has 0 aromatic heterocycles. The van der Waals surface area contributed by atoms with Crippen LogP contribution in [-0.4, -0.2) is 42.3 Å². The molecule has 17 heavy (non-hydrogen) atoms. The molecule has 0 bridgehead atoms. The van der Waals surface area contributed by atoms with Gasteiger partial charge in [-0.3, -0.25) is 0 Å². The number of hydrogen-bond donors (Lipinski definition) is 1. The lowest BCUT2D eigenvalue weighted by Gasteiger charge is -2.29. The molecule has 2 heterocycles. The van der Waals surface area contributed by atoms with Crippen LogP contribution in [0, 0.1) is 5.92 Å². The van der Waals surface area contributed by atoms with Crippen molar-refractivity contribution in [2.75, 3.05) is 19.6 Å². The van der Waals surface area contributed by atoms with Gasteiger partial charge >= 0.3 is 6.09 Å². The molecule has 2 saturated heterocycles. The average molecular weight is 240 g/mol. The van der Waals surface area contributed by atoms with Crippen LogP contribution in [0.1, 0.15) is 40.0 Å². The highest BCUT2D eigenvalue weighted by molar-refractivity contribution is 5.69. The third-order valence-electron chi connectivity index (χ3n) is 3.60. The largest absolute Gasteiger partial charge is 0.444 e. The molecule has 2 atom stereocenters. The molecule has 1 N–H and O–H groups in total. The molecule has 0 saturated carbocycles. The first-order valence-corrected chi connectivity index (χ1v) is 6.68. The Hall–Kier alpha value is -0.770. The summed E-state index contributed by atoms with van der Waals surface area (Å²) in [5.41, 5.74) is -0.396. The summed E-state index contributed by atoms with van der Waals surface area (Å²) in [6.45, 7) is 8.61. The standard InChI is InChI=1S/C13H24N2O2/c1-13(2,3)17-12(16)15-8-6-10-5-4-7-14-9-11(10)15/h10-11,14H,4-9H2,1-3H3/t10-,11+/m0/s1. The van der Waals surface area contributed by atoms with E-state index in [2.05, 4.69) is 5.32 Å². The molecule has 98 valence electrons. The maximum Gasteiger partial charge on any atom is 0.410 e. The highest BCUT2D eigenvalue weighted by atomic mass is 16.6. The van der Waals surface area contributed by atoms with Crippen LogP contribution in [-0.2, 0) is 4.74 Å². The minimum Gasteiger partial charge on any atom is -0.444 e. The predicted octanol–water partition coefficient (Wildman–Crippen LogP) is 2.00. The van der Waals surface area contributed by atoms with Crippen molar-refractivity contribution in [3.8, 4) is 0 Å². The molecule has 4 heteroatoms. The Morgan fingerprint density at radius 1 is 1.35 bits per heavy atom. The van der Waals surface area contributed by atoms with E-state index < -0.39 is 5.60 Å². The van der Waals surface area contributed by atoms with Crippen molar-refractivity contribution in [1.82, 2.24) is 10.2 Å². The molecular weight excluding hydrogens is 216 g/mol. The van der Waals surface area contributed by atoms with Gasteiger partial charge in [-0.2, -0.15) is 0 Å². The van der Waals surface area contributed by atoms with Crippen molar-refractivity contribution in [2.24, 2.45) is 5.92 Å². The van der Waals surface area contributed by atoms with E-state index in [0.717, 1.165) is 26.1 Å². The fraction of sp³-hybridized carbons (Fsp3) is 0.923. The van der Waals surface area contributed by atoms with E-state index in [0.29, 0.717) is 12.0 Å². The molecule has 2 rings (SSSR count). The first-order valence-electron chi connectivity index (χ1n) is 6.68. The number of carbonyl (C=O) groups excluding carboxylic acids is 1. The quantitative estimate of drug-likeness (QED) is 0.704. The number of fused-ring (bicyclic) bond motifs is 1. The number of amides is 1. The SMILES string of the molecule is CC(C)(C)OC(=O)N1CC[C@@H]2CCCNC[C@H]21. The van der Waals surface area contributed by atoms with Crippen molar-refractivity contribution >= 4 is 6.09 Å². The van der Waals surface area contributed by atoms with Gasteiger partial charge in [0.15, 0.2) is 0 Å². The minimum atomic E-state index is -0.396. The van der Waals surface area contributed by atoms with Crippen LogP contribution in [0.2, 0.25) is 0 Å². The van der Waals surface area contributed by atoms with Crippen LogP contribution < -0.4 is 5.32 Å². The topological polar surface area (TPSA) is 41.6 Å². The second-order valence-electron chi connectivity index (χ2n) is 6.14. The van der Waals surface area contributed by atoms with Crippen LogP contribution in [0.3, 0.4) is 0 Å². The molecule has 0 radical (unpaired) electrons. The monoisotopic (exact) mass is 240 g/mol. The molecule has 0 spiro atoms. The Morgan fingerprint density at radius 3 is 2.82 bits per heavy atom. The Bertz CT molecular complexity index is 286. The van der Waals surface area contributed by atoms with Crippen molar-refractivity contribution in [3.63, 3.8) is 0 Å². The summed E-state index contributed by atoms with van der Waals surface area (Å²) < 4.78 is 5.47. The van der Waals surface area contributed by atoms with E-state index in [9.17, 15) is 4.79 Å². The van der Waals surface area contributed by atoms with E-state index in [1.807, 2.05) is 25.7 Å². The zero-order valence-corrected chi connectivity index (χ0v) is 11.2. The molecule has 0 aromatic rings. The summed E-state index contributed by atoms with van der Waals surface area (Å²) in [6.07, 6.45) is 3.44. The third kappa shape index (κ3) is 3.12. The Labute approximate surface area is 104 Å². The smallest absolute Gasteiger partial charge is 0.410 e. The van der Waals surface area contributed by atoms with Gasteiger partial charge in [0.2, 0.25) is 0 Å². The number of ether oxygens (including phenoxy) is 1. The van der Waals surface area contributed by atoms with Crippen molar-refractivity contribution in [1.29, 1.82) is 0 Å². The van der Waals surface area contributed by atoms with E-state index in [1.165, 1.54) is 12.8 Å². The second-order valence-corrected chi connectivity index (χ2v) is 6.14. The zero-order valence-electron chi connectivity index (χ0n) is 11.2. The Kier molecular flexibility index (Phi) is 3.61. The van der Waals surface area contributed by atoms with Gasteiger partial charge < -0.3 is 15.0 Å². The van der Waals surface area contributed by atoms with Gasteiger partial charge in [0, 0.05) is 13.1 Å². The molecule has 0 unspecified atom stereocenters. The number of likely N-dealkylation sites (tertiary alicyclic amines) is 1. The number of hydrogen-bond acceptors (Lipinski definition) is 3. The van der Waals surface area contributed by atoms with Crippen LogP contribution >= 0.6 is 0 Å². The number of carbonyl (C=O) groups is 1. The highest BCUT2D eigenvalue weighted by Crippen LogP contribution is 2.30. The normalized spacial score (nSPS) is 29.7. The summed E-state index contributed by atoms with van der Waals surface area (Å²) in [4.78, 5) is 14.0. The maximum absolute atomic E-state index is 12.1. The number of nitrogens with one attached hydrogen (secondary N) is 1. The average Bonchev–Trinajstić information content (AvgIpc) is 2.46. The fourth-order valence-corrected chi connectivity index (χ4v) is 2.82. The first-order chi connectivity index (χ1) is 7.97. The van der Waals surface area contributed by atoms with Gasteiger partial charge in [-0.05, 0) is 52.5 Å². The maximum atomic E-state index is 12.1. The van der Waals surface area contributed by atoms with Crippen molar-refractivity contribution in [2.45, 2.75) is 51.7 Å². The van der Waals surface area contributed by atoms with Crippen LogP contribution in [0.25, 0.3) is 0 Å². The van der Waals surface area contributed by atoms with Gasteiger partial charge in [0.05, 0.1) is 6.04 Å². The van der Waals surface area contributed by atoms with Crippen molar-refractivity contribution in [3.05, 3.63) is 0 Å². The molecule has 2 aliphatic rings. The number of nitrogens with zero attached hydrogens (tertiary/aromatic N) is 1. The van der Waals surface area contributed by atoms with E-state index >= 15 is 0 Å². The molecule has 0 aromatic carbocycles. The van der Waals surface area contributed by atoms with E-state index in [1.54, 1.807) is 0 Å². The number of rotatable bonds is 0. The summed E-state index contributed by atoms with van der Waals surface area (Å²) >= 11 is 0. The van der Waals surface area contributed by atoms with Gasteiger partial charge in [0.1, 0.15) is 5.60 Å². The van der Waals surface area contributed by atoms with Gasteiger partial charge in [-0.15, -0.1) is 0 Å².